The molecule has 0 aliphatic carbocycles. The summed E-state index contributed by atoms with van der Waals surface area (Å²) in [6.07, 6.45) is 0. The molecule has 2 N–H and O–H groups in total. The van der Waals surface area contributed by atoms with E-state index >= 15 is 0 Å². The van der Waals surface area contributed by atoms with Gasteiger partial charge in [-0.1, -0.05) is 23.2 Å². The highest BCUT2D eigenvalue weighted by molar-refractivity contribution is 14.1. The number of hydrogen-bond acceptors (Lipinski definition) is 3. The Morgan fingerprint density at radius 1 is 1.28 bits per heavy atom. The van der Waals surface area contributed by atoms with Crippen LogP contribution in [0.15, 0.2) is 23.6 Å². The first-order chi connectivity index (χ1) is 8.52. The number of ether oxygens (including phenoxy) is 1. The molecule has 96 valence electrons. The average Bonchev–Trinajstić information content (AvgIpc) is 2.77. The van der Waals surface area contributed by atoms with Crippen molar-refractivity contribution in [2.75, 3.05) is 7.11 Å². The summed E-state index contributed by atoms with van der Waals surface area (Å²) in [6, 6.07) is 5.22. The van der Waals surface area contributed by atoms with E-state index < -0.39 is 0 Å². The van der Waals surface area contributed by atoms with E-state index in [2.05, 4.69) is 22.6 Å². The molecule has 1 aromatic carbocycles. The summed E-state index contributed by atoms with van der Waals surface area (Å²) >= 11 is 16.2. The third-order valence-corrected chi connectivity index (χ3v) is 4.98. The molecule has 1 heterocycles. The number of hydrogen-bond donors (Lipinski definition) is 1. The predicted octanol–water partition coefficient (Wildman–Crippen LogP) is 4.72. The fraction of sp³-hybridized carbons (Fsp3) is 0.167. The summed E-state index contributed by atoms with van der Waals surface area (Å²) < 4.78 is 6.30. The molecule has 0 spiro atoms. The SMILES string of the molecule is COc1cc(Cl)c(C(N)c2csc(I)c2)cc1Cl. The Labute approximate surface area is 133 Å². The molecule has 0 fully saturated rings. The summed E-state index contributed by atoms with van der Waals surface area (Å²) in [5.41, 5.74) is 8.05. The third-order valence-electron chi connectivity index (χ3n) is 2.55. The molecule has 0 aliphatic rings. The van der Waals surface area contributed by atoms with Gasteiger partial charge in [-0.05, 0) is 51.2 Å². The Morgan fingerprint density at radius 3 is 2.56 bits per heavy atom. The molecule has 0 amide bonds. The van der Waals surface area contributed by atoms with E-state index in [1.54, 1.807) is 30.6 Å². The predicted molar refractivity (Wildman–Crippen MR) is 86.1 cm³/mol. The molecule has 2 nitrogen and oxygen atoms in total. The van der Waals surface area contributed by atoms with Crippen molar-refractivity contribution in [1.29, 1.82) is 0 Å². The molecule has 1 unspecified atom stereocenters. The molecule has 1 aromatic heterocycles. The molecular weight excluding hydrogens is 404 g/mol. The standard InChI is InChI=1S/C12H10Cl2INOS/c1-17-10-4-8(13)7(3-9(10)14)12(16)6-2-11(15)18-5-6/h2-5,12H,16H2,1H3. The number of rotatable bonds is 3. The van der Waals surface area contributed by atoms with E-state index in [-0.39, 0.29) is 6.04 Å². The maximum absolute atomic E-state index is 6.21. The largest absolute Gasteiger partial charge is 0.495 e. The second kappa shape index (κ2) is 5.96. The van der Waals surface area contributed by atoms with E-state index in [0.717, 1.165) is 11.1 Å². The van der Waals surface area contributed by atoms with Crippen LogP contribution in [-0.4, -0.2) is 7.11 Å². The van der Waals surface area contributed by atoms with Crippen molar-refractivity contribution in [2.45, 2.75) is 6.04 Å². The lowest BCUT2D eigenvalue weighted by Crippen LogP contribution is -2.11. The molecule has 0 aliphatic heterocycles. The van der Waals surface area contributed by atoms with Gasteiger partial charge in [-0.15, -0.1) is 11.3 Å². The Kier molecular flexibility index (Phi) is 4.77. The van der Waals surface area contributed by atoms with Crippen molar-refractivity contribution in [2.24, 2.45) is 5.73 Å². The summed E-state index contributed by atoms with van der Waals surface area (Å²) in [6.45, 7) is 0. The molecular formula is C12H10Cl2INOS. The number of benzene rings is 1. The van der Waals surface area contributed by atoms with Gasteiger partial charge >= 0.3 is 0 Å². The number of methoxy groups -OCH3 is 1. The molecule has 0 saturated heterocycles. The van der Waals surface area contributed by atoms with Gasteiger partial charge in [0.1, 0.15) is 5.75 Å². The molecule has 0 radical (unpaired) electrons. The molecule has 0 saturated carbocycles. The van der Waals surface area contributed by atoms with Crippen LogP contribution in [0.25, 0.3) is 0 Å². The van der Waals surface area contributed by atoms with Crippen LogP contribution in [0, 0.1) is 2.88 Å². The van der Waals surface area contributed by atoms with Crippen LogP contribution >= 0.6 is 57.1 Å². The lowest BCUT2D eigenvalue weighted by Gasteiger charge is -2.14. The van der Waals surface area contributed by atoms with E-state index in [1.807, 2.05) is 11.4 Å². The minimum absolute atomic E-state index is 0.277. The highest BCUT2D eigenvalue weighted by Gasteiger charge is 2.16. The van der Waals surface area contributed by atoms with Crippen molar-refractivity contribution in [3.8, 4) is 5.75 Å². The van der Waals surface area contributed by atoms with E-state index in [9.17, 15) is 0 Å². The monoisotopic (exact) mass is 413 g/mol. The van der Waals surface area contributed by atoms with Crippen LogP contribution in [0.2, 0.25) is 10.0 Å². The zero-order valence-corrected chi connectivity index (χ0v) is 13.9. The maximum Gasteiger partial charge on any atom is 0.138 e. The van der Waals surface area contributed by atoms with Gasteiger partial charge in [0, 0.05) is 11.1 Å². The van der Waals surface area contributed by atoms with Crippen molar-refractivity contribution >= 4 is 57.1 Å². The maximum atomic E-state index is 6.21. The van der Waals surface area contributed by atoms with Gasteiger partial charge in [-0.2, -0.15) is 0 Å². The van der Waals surface area contributed by atoms with Crippen LogP contribution in [0.3, 0.4) is 0 Å². The summed E-state index contributed by atoms with van der Waals surface area (Å²) in [5, 5.41) is 3.10. The lowest BCUT2D eigenvalue weighted by atomic mass is 10.0. The van der Waals surface area contributed by atoms with Crippen LogP contribution in [0.5, 0.6) is 5.75 Å². The van der Waals surface area contributed by atoms with Gasteiger partial charge in [0.25, 0.3) is 0 Å². The second-order valence-electron chi connectivity index (χ2n) is 3.67. The third kappa shape index (κ3) is 2.93. The lowest BCUT2D eigenvalue weighted by molar-refractivity contribution is 0.415. The Hall–Kier alpha value is -0.0100. The summed E-state index contributed by atoms with van der Waals surface area (Å²) in [5.74, 6) is 0.553. The van der Waals surface area contributed by atoms with Gasteiger partial charge < -0.3 is 10.5 Å². The summed E-state index contributed by atoms with van der Waals surface area (Å²) in [7, 11) is 1.55. The Bertz CT molecular complexity index is 573. The normalized spacial score (nSPS) is 12.5. The van der Waals surface area contributed by atoms with E-state index in [4.69, 9.17) is 33.7 Å². The van der Waals surface area contributed by atoms with Crippen LogP contribution in [0.4, 0.5) is 0 Å². The number of nitrogens with two attached hydrogens (primary N) is 1. The zero-order chi connectivity index (χ0) is 13.3. The number of thiophene rings is 1. The van der Waals surface area contributed by atoms with Crippen LogP contribution in [-0.2, 0) is 0 Å². The van der Waals surface area contributed by atoms with Crippen LogP contribution < -0.4 is 10.5 Å². The summed E-state index contributed by atoms with van der Waals surface area (Å²) in [4.78, 5) is 0. The smallest absolute Gasteiger partial charge is 0.138 e. The fourth-order valence-electron chi connectivity index (χ4n) is 1.60. The molecule has 1 atom stereocenters. The Balaban J connectivity index is 2.42. The van der Waals surface area contributed by atoms with Gasteiger partial charge in [0.05, 0.1) is 21.1 Å². The first-order valence-corrected chi connectivity index (χ1v) is 7.76. The Morgan fingerprint density at radius 2 is 2.00 bits per heavy atom. The van der Waals surface area contributed by atoms with Gasteiger partial charge in [0.2, 0.25) is 0 Å². The molecule has 18 heavy (non-hydrogen) atoms. The molecule has 2 rings (SSSR count). The zero-order valence-electron chi connectivity index (χ0n) is 9.41. The van der Waals surface area contributed by atoms with Gasteiger partial charge in [-0.25, -0.2) is 0 Å². The van der Waals surface area contributed by atoms with Crippen LogP contribution in [0.1, 0.15) is 17.2 Å². The number of halogens is 3. The van der Waals surface area contributed by atoms with Gasteiger partial charge in [0.15, 0.2) is 0 Å². The minimum Gasteiger partial charge on any atom is -0.495 e. The average molecular weight is 414 g/mol. The van der Waals surface area contributed by atoms with Crippen molar-refractivity contribution < 1.29 is 4.74 Å². The molecule has 2 aromatic rings. The van der Waals surface area contributed by atoms with E-state index in [0.29, 0.717) is 15.8 Å². The van der Waals surface area contributed by atoms with Crippen molar-refractivity contribution in [3.63, 3.8) is 0 Å². The highest BCUT2D eigenvalue weighted by Crippen LogP contribution is 2.36. The first-order valence-electron chi connectivity index (χ1n) is 5.05. The molecule has 0 bridgehead atoms. The minimum atomic E-state index is -0.277. The van der Waals surface area contributed by atoms with Crippen molar-refractivity contribution in [3.05, 3.63) is 47.6 Å². The topological polar surface area (TPSA) is 35.2 Å². The van der Waals surface area contributed by atoms with Gasteiger partial charge in [-0.3, -0.25) is 0 Å². The van der Waals surface area contributed by atoms with Crippen molar-refractivity contribution in [1.82, 2.24) is 0 Å². The van der Waals surface area contributed by atoms with E-state index in [1.165, 1.54) is 2.88 Å². The highest BCUT2D eigenvalue weighted by atomic mass is 127. The molecule has 6 heteroatoms. The quantitative estimate of drug-likeness (QED) is 0.739. The fourth-order valence-corrected chi connectivity index (χ4v) is 3.53. The second-order valence-corrected chi connectivity index (χ2v) is 7.29. The first kappa shape index (κ1) is 14.4.